The van der Waals surface area contributed by atoms with Gasteiger partial charge in [-0.15, -0.1) is 0 Å². The lowest BCUT2D eigenvalue weighted by Gasteiger charge is -2.44. The van der Waals surface area contributed by atoms with Gasteiger partial charge >= 0.3 is 0 Å². The second kappa shape index (κ2) is 6.20. The van der Waals surface area contributed by atoms with Crippen LogP contribution in [0.2, 0.25) is 0 Å². The number of hydrogen-bond donors (Lipinski definition) is 1. The van der Waals surface area contributed by atoms with Crippen LogP contribution < -0.4 is 4.72 Å². The van der Waals surface area contributed by atoms with Crippen molar-refractivity contribution in [2.45, 2.75) is 12.1 Å². The Labute approximate surface area is 131 Å². The highest BCUT2D eigenvalue weighted by Gasteiger charge is 2.35. The number of hydrogen-bond acceptors (Lipinski definition) is 3. The molecule has 2 aromatic carbocycles. The molecule has 1 heterocycles. The van der Waals surface area contributed by atoms with E-state index in [-0.39, 0.29) is 12.1 Å². The number of likely N-dealkylation sites (tertiary alicyclic amines) is 1. The average Bonchev–Trinajstić information content (AvgIpc) is 2.46. The zero-order valence-electron chi connectivity index (χ0n) is 12.5. The van der Waals surface area contributed by atoms with Crippen LogP contribution in [0.4, 0.5) is 0 Å². The first kappa shape index (κ1) is 15.2. The van der Waals surface area contributed by atoms with Crippen molar-refractivity contribution in [3.8, 4) is 0 Å². The third-order valence-corrected chi connectivity index (χ3v) is 4.65. The molecule has 1 aliphatic heterocycles. The molecule has 1 saturated heterocycles. The summed E-state index contributed by atoms with van der Waals surface area (Å²) in [5, 5.41) is 0. The Kier molecular flexibility index (Phi) is 4.29. The molecule has 0 spiro atoms. The Hall–Kier alpha value is -1.69. The molecule has 0 unspecified atom stereocenters. The molecule has 22 heavy (non-hydrogen) atoms. The van der Waals surface area contributed by atoms with Gasteiger partial charge in [-0.3, -0.25) is 4.90 Å². The van der Waals surface area contributed by atoms with E-state index in [0.717, 1.165) is 13.1 Å². The summed E-state index contributed by atoms with van der Waals surface area (Å²) >= 11 is 0. The predicted octanol–water partition coefficient (Wildman–Crippen LogP) is 2.01. The second-order valence-electron chi connectivity index (χ2n) is 5.76. The van der Waals surface area contributed by atoms with E-state index in [0.29, 0.717) is 0 Å². The van der Waals surface area contributed by atoms with E-state index < -0.39 is 10.0 Å². The molecular weight excluding hydrogens is 296 g/mol. The van der Waals surface area contributed by atoms with Crippen LogP contribution in [0.1, 0.15) is 17.2 Å². The number of nitrogens with zero attached hydrogens (tertiary/aromatic N) is 1. The standard InChI is InChI=1S/C17H20N2O2S/c1-22(20,21)18-16-12-19(13-16)17(14-8-4-2-5-9-14)15-10-6-3-7-11-15/h2-11,16-18H,12-13H2,1H3. The third-order valence-electron chi connectivity index (χ3n) is 3.89. The van der Waals surface area contributed by atoms with Crippen molar-refractivity contribution >= 4 is 10.0 Å². The van der Waals surface area contributed by atoms with Crippen molar-refractivity contribution in [1.82, 2.24) is 9.62 Å². The molecule has 1 fully saturated rings. The van der Waals surface area contributed by atoms with Crippen LogP contribution in [-0.4, -0.2) is 38.7 Å². The topological polar surface area (TPSA) is 49.4 Å². The molecule has 116 valence electrons. The highest BCUT2D eigenvalue weighted by Crippen LogP contribution is 2.32. The zero-order chi connectivity index (χ0) is 15.6. The minimum Gasteiger partial charge on any atom is -0.289 e. The Balaban J connectivity index is 1.80. The number of nitrogens with one attached hydrogen (secondary N) is 1. The lowest BCUT2D eigenvalue weighted by atomic mass is 9.93. The first-order chi connectivity index (χ1) is 10.5. The molecular formula is C17H20N2O2S. The summed E-state index contributed by atoms with van der Waals surface area (Å²) < 4.78 is 25.3. The maximum atomic E-state index is 11.3. The Bertz CT molecular complexity index is 671. The SMILES string of the molecule is CS(=O)(=O)NC1CN(C(c2ccccc2)c2ccccc2)C1. The summed E-state index contributed by atoms with van der Waals surface area (Å²) in [5.41, 5.74) is 2.46. The predicted molar refractivity (Wildman–Crippen MR) is 88.1 cm³/mol. The molecule has 0 atom stereocenters. The van der Waals surface area contributed by atoms with Gasteiger partial charge in [-0.2, -0.15) is 0 Å². The van der Waals surface area contributed by atoms with Crippen LogP contribution in [0, 0.1) is 0 Å². The van der Waals surface area contributed by atoms with Crippen LogP contribution >= 0.6 is 0 Å². The number of sulfonamides is 1. The van der Waals surface area contributed by atoms with Crippen LogP contribution in [0.25, 0.3) is 0 Å². The highest BCUT2D eigenvalue weighted by atomic mass is 32.2. The van der Waals surface area contributed by atoms with Crippen LogP contribution in [0.3, 0.4) is 0 Å². The summed E-state index contributed by atoms with van der Waals surface area (Å²) in [6.07, 6.45) is 1.21. The molecule has 0 aliphatic carbocycles. The summed E-state index contributed by atoms with van der Waals surface area (Å²) in [4.78, 5) is 2.30. The molecule has 1 N–H and O–H groups in total. The third kappa shape index (κ3) is 3.55. The average molecular weight is 316 g/mol. The van der Waals surface area contributed by atoms with Gasteiger partial charge in [0.2, 0.25) is 10.0 Å². The van der Waals surface area contributed by atoms with Crippen molar-refractivity contribution in [3.05, 3.63) is 71.8 Å². The Morgan fingerprint density at radius 1 is 0.955 bits per heavy atom. The maximum absolute atomic E-state index is 11.3. The van der Waals surface area contributed by atoms with Crippen molar-refractivity contribution < 1.29 is 8.42 Å². The molecule has 5 heteroatoms. The fourth-order valence-electron chi connectivity index (χ4n) is 2.99. The summed E-state index contributed by atoms with van der Waals surface area (Å²) in [7, 11) is -3.14. The lowest BCUT2D eigenvalue weighted by Crippen LogP contribution is -2.59. The van der Waals surface area contributed by atoms with E-state index in [4.69, 9.17) is 0 Å². The van der Waals surface area contributed by atoms with E-state index in [9.17, 15) is 8.42 Å². The minimum absolute atomic E-state index is 0.00456. The normalized spacial score (nSPS) is 16.6. The molecule has 0 saturated carbocycles. The second-order valence-corrected chi connectivity index (χ2v) is 7.54. The fraction of sp³-hybridized carbons (Fsp3) is 0.294. The van der Waals surface area contributed by atoms with Crippen molar-refractivity contribution in [3.63, 3.8) is 0 Å². The maximum Gasteiger partial charge on any atom is 0.209 e. The Morgan fingerprint density at radius 3 is 1.82 bits per heavy atom. The van der Waals surface area contributed by atoms with Crippen LogP contribution in [-0.2, 0) is 10.0 Å². The molecule has 1 aliphatic rings. The lowest BCUT2D eigenvalue weighted by molar-refractivity contribution is 0.105. The first-order valence-electron chi connectivity index (χ1n) is 7.34. The number of benzene rings is 2. The van der Waals surface area contributed by atoms with E-state index in [1.807, 2.05) is 36.4 Å². The Morgan fingerprint density at radius 2 is 1.41 bits per heavy atom. The van der Waals surface area contributed by atoms with Crippen LogP contribution in [0.5, 0.6) is 0 Å². The van der Waals surface area contributed by atoms with E-state index in [1.165, 1.54) is 17.4 Å². The van der Waals surface area contributed by atoms with E-state index >= 15 is 0 Å². The van der Waals surface area contributed by atoms with E-state index in [1.54, 1.807) is 0 Å². The molecule has 0 bridgehead atoms. The smallest absolute Gasteiger partial charge is 0.209 e. The van der Waals surface area contributed by atoms with Gasteiger partial charge in [-0.05, 0) is 11.1 Å². The minimum atomic E-state index is -3.14. The number of rotatable bonds is 5. The monoisotopic (exact) mass is 316 g/mol. The first-order valence-corrected chi connectivity index (χ1v) is 9.23. The fourth-order valence-corrected chi connectivity index (χ4v) is 3.74. The van der Waals surface area contributed by atoms with Crippen molar-refractivity contribution in [2.24, 2.45) is 0 Å². The van der Waals surface area contributed by atoms with Gasteiger partial charge in [0.15, 0.2) is 0 Å². The van der Waals surface area contributed by atoms with Gasteiger partial charge < -0.3 is 0 Å². The molecule has 4 nitrogen and oxygen atoms in total. The summed E-state index contributed by atoms with van der Waals surface area (Å²) in [6.45, 7) is 1.45. The van der Waals surface area contributed by atoms with Gasteiger partial charge in [0.05, 0.1) is 12.3 Å². The molecule has 2 aromatic rings. The van der Waals surface area contributed by atoms with Crippen molar-refractivity contribution in [1.29, 1.82) is 0 Å². The molecule has 0 aromatic heterocycles. The largest absolute Gasteiger partial charge is 0.289 e. The summed E-state index contributed by atoms with van der Waals surface area (Å²) in [5.74, 6) is 0. The van der Waals surface area contributed by atoms with Gasteiger partial charge in [0.25, 0.3) is 0 Å². The molecule has 0 amide bonds. The quantitative estimate of drug-likeness (QED) is 0.918. The van der Waals surface area contributed by atoms with Gasteiger partial charge in [0.1, 0.15) is 0 Å². The van der Waals surface area contributed by atoms with Gasteiger partial charge in [-0.1, -0.05) is 60.7 Å². The van der Waals surface area contributed by atoms with Gasteiger partial charge in [0, 0.05) is 19.1 Å². The summed E-state index contributed by atoms with van der Waals surface area (Å²) in [6, 6.07) is 20.8. The molecule has 0 radical (unpaired) electrons. The molecule has 3 rings (SSSR count). The highest BCUT2D eigenvalue weighted by molar-refractivity contribution is 7.88. The van der Waals surface area contributed by atoms with Crippen molar-refractivity contribution in [2.75, 3.05) is 19.3 Å². The zero-order valence-corrected chi connectivity index (χ0v) is 13.3. The van der Waals surface area contributed by atoms with Gasteiger partial charge in [-0.25, -0.2) is 13.1 Å². The van der Waals surface area contributed by atoms with E-state index in [2.05, 4.69) is 33.9 Å². The van der Waals surface area contributed by atoms with Crippen LogP contribution in [0.15, 0.2) is 60.7 Å².